The number of ether oxygens (including phenoxy) is 1. The number of H-pyrrole nitrogens is 1. The van der Waals surface area contributed by atoms with Crippen LogP contribution in [0.15, 0.2) is 18.3 Å². The molecule has 2 aromatic rings. The number of nitro groups is 1. The van der Waals surface area contributed by atoms with Crippen molar-refractivity contribution in [3.8, 4) is 5.75 Å². The molecule has 0 saturated heterocycles. The first-order valence-electron chi connectivity index (χ1n) is 5.20. The van der Waals surface area contributed by atoms with Gasteiger partial charge in [-0.05, 0) is 30.7 Å². The Morgan fingerprint density at radius 1 is 1.53 bits per heavy atom. The highest BCUT2D eigenvalue weighted by Crippen LogP contribution is 2.35. The maximum Gasteiger partial charge on any atom is 0.334 e. The van der Waals surface area contributed by atoms with Gasteiger partial charge in [0.15, 0.2) is 5.75 Å². The molecule has 90 valence electrons. The fraction of sp³-hybridized carbons (Fsp3) is 0.273. The Balaban J connectivity index is 2.69. The first-order valence-corrected chi connectivity index (χ1v) is 5.20. The van der Waals surface area contributed by atoms with Crippen LogP contribution in [-0.4, -0.2) is 23.6 Å². The molecule has 0 aliphatic heterocycles. The van der Waals surface area contributed by atoms with E-state index in [9.17, 15) is 10.1 Å². The lowest BCUT2D eigenvalue weighted by atomic mass is 10.1. The number of nitrogens with one attached hydrogen (secondary N) is 1. The van der Waals surface area contributed by atoms with Crippen molar-refractivity contribution in [2.24, 2.45) is 5.73 Å². The molecule has 0 saturated carbocycles. The van der Waals surface area contributed by atoms with Gasteiger partial charge in [-0.3, -0.25) is 10.1 Å². The molecule has 0 spiro atoms. The molecule has 6 nitrogen and oxygen atoms in total. The Morgan fingerprint density at radius 2 is 2.29 bits per heavy atom. The number of methoxy groups -OCH3 is 1. The first-order chi connectivity index (χ1) is 8.19. The summed E-state index contributed by atoms with van der Waals surface area (Å²) in [6, 6.07) is 3.41. The van der Waals surface area contributed by atoms with Gasteiger partial charge < -0.3 is 15.5 Å². The average Bonchev–Trinajstić information content (AvgIpc) is 2.71. The van der Waals surface area contributed by atoms with E-state index in [0.717, 1.165) is 10.9 Å². The Kier molecular flexibility index (Phi) is 2.97. The molecule has 0 unspecified atom stereocenters. The monoisotopic (exact) mass is 235 g/mol. The van der Waals surface area contributed by atoms with Crippen molar-refractivity contribution in [2.45, 2.75) is 6.42 Å². The van der Waals surface area contributed by atoms with Crippen LogP contribution in [0.1, 0.15) is 5.56 Å². The van der Waals surface area contributed by atoms with Gasteiger partial charge in [-0.1, -0.05) is 0 Å². The Hall–Kier alpha value is -2.08. The lowest BCUT2D eigenvalue weighted by molar-refractivity contribution is -0.384. The lowest BCUT2D eigenvalue weighted by Gasteiger charge is -2.02. The van der Waals surface area contributed by atoms with E-state index in [1.54, 1.807) is 12.3 Å². The summed E-state index contributed by atoms with van der Waals surface area (Å²) >= 11 is 0. The molecule has 1 aromatic carbocycles. The second kappa shape index (κ2) is 4.42. The van der Waals surface area contributed by atoms with E-state index in [0.29, 0.717) is 18.5 Å². The molecular formula is C11H13N3O3. The highest BCUT2D eigenvalue weighted by Gasteiger charge is 2.21. The normalized spacial score (nSPS) is 10.7. The number of fused-ring (bicyclic) bond motifs is 1. The molecule has 0 radical (unpaired) electrons. The zero-order valence-corrected chi connectivity index (χ0v) is 9.40. The fourth-order valence-electron chi connectivity index (χ4n) is 1.93. The van der Waals surface area contributed by atoms with Crippen LogP contribution in [0.5, 0.6) is 5.75 Å². The Morgan fingerprint density at radius 3 is 2.88 bits per heavy atom. The number of hydrogen-bond acceptors (Lipinski definition) is 4. The zero-order chi connectivity index (χ0) is 12.4. The number of hydrogen-bond donors (Lipinski definition) is 2. The van der Waals surface area contributed by atoms with Gasteiger partial charge in [0.05, 0.1) is 12.0 Å². The molecule has 0 aliphatic rings. The largest absolute Gasteiger partial charge is 0.490 e. The van der Waals surface area contributed by atoms with Gasteiger partial charge in [0, 0.05) is 11.6 Å². The van der Waals surface area contributed by atoms with Crippen LogP contribution in [0.4, 0.5) is 5.69 Å². The standard InChI is InChI=1S/C11H13N3O3/c1-17-9-3-2-8-7(4-5-12)6-13-10(8)11(9)14(15)16/h2-3,6,13H,4-5,12H2,1H3. The van der Waals surface area contributed by atoms with Gasteiger partial charge in [-0.15, -0.1) is 0 Å². The minimum Gasteiger partial charge on any atom is -0.490 e. The fourth-order valence-corrected chi connectivity index (χ4v) is 1.93. The number of nitrogens with zero attached hydrogens (tertiary/aromatic N) is 1. The van der Waals surface area contributed by atoms with Crippen molar-refractivity contribution in [1.29, 1.82) is 0 Å². The van der Waals surface area contributed by atoms with E-state index in [1.165, 1.54) is 7.11 Å². The topological polar surface area (TPSA) is 94.2 Å². The van der Waals surface area contributed by atoms with Crippen molar-refractivity contribution in [2.75, 3.05) is 13.7 Å². The van der Waals surface area contributed by atoms with Gasteiger partial charge in [0.1, 0.15) is 5.52 Å². The van der Waals surface area contributed by atoms with E-state index in [-0.39, 0.29) is 11.4 Å². The summed E-state index contributed by atoms with van der Waals surface area (Å²) in [7, 11) is 1.41. The molecule has 0 aliphatic carbocycles. The number of aromatic amines is 1. The smallest absolute Gasteiger partial charge is 0.334 e. The van der Waals surface area contributed by atoms with E-state index in [4.69, 9.17) is 10.5 Å². The van der Waals surface area contributed by atoms with Gasteiger partial charge in [-0.2, -0.15) is 0 Å². The maximum atomic E-state index is 11.0. The second-order valence-electron chi connectivity index (χ2n) is 3.65. The molecule has 0 bridgehead atoms. The summed E-state index contributed by atoms with van der Waals surface area (Å²) in [5, 5.41) is 11.9. The predicted octanol–water partition coefficient (Wildman–Crippen LogP) is 1.59. The summed E-state index contributed by atoms with van der Waals surface area (Å²) < 4.78 is 5.00. The second-order valence-corrected chi connectivity index (χ2v) is 3.65. The van der Waals surface area contributed by atoms with Gasteiger partial charge in [-0.25, -0.2) is 0 Å². The number of nitrogens with two attached hydrogens (primary N) is 1. The molecule has 2 rings (SSSR count). The molecule has 1 aromatic heterocycles. The van der Waals surface area contributed by atoms with Gasteiger partial charge in [0.2, 0.25) is 0 Å². The Labute approximate surface area is 97.5 Å². The van der Waals surface area contributed by atoms with Crippen LogP contribution >= 0.6 is 0 Å². The number of aromatic nitrogens is 1. The third kappa shape index (κ3) is 1.83. The zero-order valence-electron chi connectivity index (χ0n) is 9.40. The minimum absolute atomic E-state index is 0.0340. The van der Waals surface area contributed by atoms with Crippen molar-refractivity contribution in [3.63, 3.8) is 0 Å². The van der Waals surface area contributed by atoms with Crippen LogP contribution in [0, 0.1) is 10.1 Å². The van der Waals surface area contributed by atoms with E-state index in [1.807, 2.05) is 6.07 Å². The first kappa shape index (κ1) is 11.4. The minimum atomic E-state index is -0.441. The van der Waals surface area contributed by atoms with Crippen LogP contribution in [0.2, 0.25) is 0 Å². The van der Waals surface area contributed by atoms with E-state index in [2.05, 4.69) is 4.98 Å². The average molecular weight is 235 g/mol. The van der Waals surface area contributed by atoms with Crippen molar-refractivity contribution in [3.05, 3.63) is 34.0 Å². The molecule has 1 heterocycles. The molecular weight excluding hydrogens is 222 g/mol. The SMILES string of the molecule is COc1ccc2c(CCN)c[nH]c2c1[N+](=O)[O-]. The molecule has 17 heavy (non-hydrogen) atoms. The van der Waals surface area contributed by atoms with Crippen molar-refractivity contribution in [1.82, 2.24) is 4.98 Å². The van der Waals surface area contributed by atoms with Crippen LogP contribution in [0.25, 0.3) is 10.9 Å². The quantitative estimate of drug-likeness (QED) is 0.621. The lowest BCUT2D eigenvalue weighted by Crippen LogP contribution is -2.02. The number of nitro benzene ring substituents is 1. The third-order valence-corrected chi connectivity index (χ3v) is 2.69. The van der Waals surface area contributed by atoms with E-state index < -0.39 is 4.92 Å². The third-order valence-electron chi connectivity index (χ3n) is 2.69. The summed E-state index contributed by atoms with van der Waals surface area (Å²) in [6.45, 7) is 0.507. The summed E-state index contributed by atoms with van der Waals surface area (Å²) in [5.41, 5.74) is 6.92. The molecule has 6 heteroatoms. The number of benzene rings is 1. The van der Waals surface area contributed by atoms with Crippen molar-refractivity contribution >= 4 is 16.6 Å². The van der Waals surface area contributed by atoms with Gasteiger partial charge >= 0.3 is 5.69 Å². The van der Waals surface area contributed by atoms with Crippen LogP contribution < -0.4 is 10.5 Å². The maximum absolute atomic E-state index is 11.0. The summed E-state index contributed by atoms with van der Waals surface area (Å²) in [6.07, 6.45) is 2.44. The van der Waals surface area contributed by atoms with Crippen LogP contribution in [0.3, 0.4) is 0 Å². The van der Waals surface area contributed by atoms with Crippen LogP contribution in [-0.2, 0) is 6.42 Å². The molecule has 0 fully saturated rings. The highest BCUT2D eigenvalue weighted by molar-refractivity contribution is 5.93. The highest BCUT2D eigenvalue weighted by atomic mass is 16.6. The van der Waals surface area contributed by atoms with E-state index >= 15 is 0 Å². The molecule has 0 atom stereocenters. The predicted molar refractivity (Wildman–Crippen MR) is 64.3 cm³/mol. The Bertz CT molecular complexity index is 562. The molecule has 0 amide bonds. The summed E-state index contributed by atoms with van der Waals surface area (Å²) in [4.78, 5) is 13.5. The number of rotatable bonds is 4. The molecule has 3 N–H and O–H groups in total. The van der Waals surface area contributed by atoms with Crippen molar-refractivity contribution < 1.29 is 9.66 Å². The summed E-state index contributed by atoms with van der Waals surface area (Å²) in [5.74, 6) is 0.253. The van der Waals surface area contributed by atoms with Gasteiger partial charge in [0.25, 0.3) is 0 Å².